The van der Waals surface area contributed by atoms with E-state index in [1.807, 2.05) is 0 Å². The number of nitrogens with one attached hydrogen (secondary N) is 1. The van der Waals surface area contributed by atoms with Crippen molar-refractivity contribution >= 4 is 40.8 Å². The summed E-state index contributed by atoms with van der Waals surface area (Å²) in [6.07, 6.45) is 0. The summed E-state index contributed by atoms with van der Waals surface area (Å²) in [6, 6.07) is 7.00. The highest BCUT2D eigenvalue weighted by atomic mass is 35.5. The van der Waals surface area contributed by atoms with Crippen molar-refractivity contribution < 1.29 is 27.9 Å². The summed E-state index contributed by atoms with van der Waals surface area (Å²) < 4.78 is 31.1. The molecule has 1 N–H and O–H groups in total. The van der Waals surface area contributed by atoms with E-state index in [1.54, 1.807) is 0 Å². The number of hydrogen-bond acceptors (Lipinski definition) is 4. The quantitative estimate of drug-likeness (QED) is 0.786. The third-order valence-corrected chi connectivity index (χ3v) is 3.89. The molecule has 2 aromatic rings. The van der Waals surface area contributed by atoms with E-state index in [0.29, 0.717) is 0 Å². The van der Waals surface area contributed by atoms with Crippen LogP contribution in [0.1, 0.15) is 17.3 Å². The van der Waals surface area contributed by atoms with Crippen LogP contribution in [0.15, 0.2) is 36.4 Å². The van der Waals surface area contributed by atoms with Crippen LogP contribution in [0.4, 0.5) is 20.2 Å². The fourth-order valence-electron chi connectivity index (χ4n) is 2.24. The van der Waals surface area contributed by atoms with Crippen LogP contribution < -0.4 is 10.2 Å². The van der Waals surface area contributed by atoms with Crippen LogP contribution in [0.5, 0.6) is 0 Å². The van der Waals surface area contributed by atoms with Gasteiger partial charge in [0.05, 0.1) is 23.4 Å². The summed E-state index contributed by atoms with van der Waals surface area (Å²) in [5.41, 5.74) is 0.325. The number of carbonyl (C=O) groups is 3. The number of ether oxygens (including phenoxy) is 1. The summed E-state index contributed by atoms with van der Waals surface area (Å²) in [5.74, 6) is -4.04. The van der Waals surface area contributed by atoms with Crippen molar-refractivity contribution in [3.05, 3.63) is 58.6 Å². The highest BCUT2D eigenvalue weighted by molar-refractivity contribution is 6.34. The molecule has 0 aliphatic carbocycles. The molecule has 0 heterocycles. The number of amides is 2. The fourth-order valence-corrected chi connectivity index (χ4v) is 2.40. The van der Waals surface area contributed by atoms with E-state index in [1.165, 1.54) is 38.3 Å². The average molecular weight is 397 g/mol. The summed E-state index contributed by atoms with van der Waals surface area (Å²) >= 11 is 6.00. The molecule has 0 saturated carbocycles. The van der Waals surface area contributed by atoms with Crippen molar-refractivity contribution in [1.82, 2.24) is 0 Å². The van der Waals surface area contributed by atoms with Gasteiger partial charge in [0.15, 0.2) is 11.6 Å². The van der Waals surface area contributed by atoms with Crippen LogP contribution in [-0.2, 0) is 14.3 Å². The number of esters is 1. The van der Waals surface area contributed by atoms with Gasteiger partial charge in [-0.1, -0.05) is 11.6 Å². The molecule has 2 rings (SSSR count). The minimum absolute atomic E-state index is 0.0194. The molecule has 0 aromatic heterocycles. The molecule has 2 amide bonds. The lowest BCUT2D eigenvalue weighted by Crippen LogP contribution is -2.36. The Labute approximate surface area is 158 Å². The molecule has 6 nitrogen and oxygen atoms in total. The first-order valence-electron chi connectivity index (χ1n) is 7.63. The molecule has 0 aliphatic rings. The van der Waals surface area contributed by atoms with Gasteiger partial charge in [-0.3, -0.25) is 9.59 Å². The van der Waals surface area contributed by atoms with Gasteiger partial charge in [-0.05, 0) is 30.3 Å². The van der Waals surface area contributed by atoms with Crippen LogP contribution >= 0.6 is 11.6 Å². The number of halogens is 3. The van der Waals surface area contributed by atoms with E-state index < -0.39 is 36.0 Å². The Hall–Kier alpha value is -3.00. The minimum Gasteiger partial charge on any atom is -0.465 e. The minimum atomic E-state index is -1.15. The standard InChI is InChI=1S/C18H15ClF2N2O4/c1-10(24)23(12-4-6-14(20)15(21)8-12)9-17(25)22-16-7-11(18(26)27-2)3-5-13(16)19/h3-8H,9H2,1-2H3,(H,22,25). The molecular formula is C18H15ClF2N2O4. The molecule has 0 bridgehead atoms. The van der Waals surface area contributed by atoms with E-state index in [9.17, 15) is 23.2 Å². The third kappa shape index (κ3) is 5.01. The number of nitrogens with zero attached hydrogens (tertiary/aromatic N) is 1. The first-order valence-corrected chi connectivity index (χ1v) is 8.01. The third-order valence-electron chi connectivity index (χ3n) is 3.56. The summed E-state index contributed by atoms with van der Waals surface area (Å²) in [7, 11) is 1.21. The van der Waals surface area contributed by atoms with Crippen LogP contribution in [-0.4, -0.2) is 31.4 Å². The van der Waals surface area contributed by atoms with Crippen molar-refractivity contribution in [3.63, 3.8) is 0 Å². The molecule has 0 radical (unpaired) electrons. The predicted octanol–water partition coefficient (Wildman–Crippen LogP) is 3.40. The maximum atomic E-state index is 13.4. The van der Waals surface area contributed by atoms with E-state index in [2.05, 4.69) is 10.1 Å². The number of benzene rings is 2. The van der Waals surface area contributed by atoms with Gasteiger partial charge in [0.25, 0.3) is 0 Å². The van der Waals surface area contributed by atoms with Gasteiger partial charge in [-0.15, -0.1) is 0 Å². The second kappa shape index (κ2) is 8.59. The largest absolute Gasteiger partial charge is 0.465 e. The summed E-state index contributed by atoms with van der Waals surface area (Å²) in [5, 5.41) is 2.64. The van der Waals surface area contributed by atoms with Gasteiger partial charge >= 0.3 is 5.97 Å². The van der Waals surface area contributed by atoms with Gasteiger partial charge in [0.1, 0.15) is 6.54 Å². The monoisotopic (exact) mass is 396 g/mol. The molecule has 2 aromatic carbocycles. The van der Waals surface area contributed by atoms with E-state index in [0.717, 1.165) is 17.0 Å². The molecular weight excluding hydrogens is 382 g/mol. The molecule has 0 atom stereocenters. The van der Waals surface area contributed by atoms with Crippen molar-refractivity contribution in [1.29, 1.82) is 0 Å². The maximum Gasteiger partial charge on any atom is 0.337 e. The molecule has 0 fully saturated rings. The Morgan fingerprint density at radius 2 is 1.81 bits per heavy atom. The summed E-state index contributed by atoms with van der Waals surface area (Å²) in [6.45, 7) is 0.707. The van der Waals surface area contributed by atoms with Crippen LogP contribution in [0.2, 0.25) is 5.02 Å². The maximum absolute atomic E-state index is 13.4. The lowest BCUT2D eigenvalue weighted by atomic mass is 10.2. The number of hydrogen-bond donors (Lipinski definition) is 1. The van der Waals surface area contributed by atoms with E-state index >= 15 is 0 Å². The van der Waals surface area contributed by atoms with Crippen LogP contribution in [0.25, 0.3) is 0 Å². The number of anilines is 2. The summed E-state index contributed by atoms with van der Waals surface area (Å²) in [4.78, 5) is 36.7. The van der Waals surface area contributed by atoms with E-state index in [4.69, 9.17) is 11.6 Å². The average Bonchev–Trinajstić information content (AvgIpc) is 2.63. The van der Waals surface area contributed by atoms with Crippen LogP contribution in [0.3, 0.4) is 0 Å². The van der Waals surface area contributed by atoms with Crippen molar-refractivity contribution in [2.24, 2.45) is 0 Å². The Morgan fingerprint density at radius 1 is 1.11 bits per heavy atom. The fraction of sp³-hybridized carbons (Fsp3) is 0.167. The van der Waals surface area contributed by atoms with Gasteiger partial charge in [-0.25, -0.2) is 13.6 Å². The lowest BCUT2D eigenvalue weighted by Gasteiger charge is -2.21. The zero-order valence-electron chi connectivity index (χ0n) is 14.4. The Balaban J connectivity index is 2.20. The molecule has 0 unspecified atom stereocenters. The molecule has 142 valence electrons. The smallest absolute Gasteiger partial charge is 0.337 e. The first-order chi connectivity index (χ1) is 12.7. The number of carbonyl (C=O) groups excluding carboxylic acids is 3. The Kier molecular flexibility index (Phi) is 6.46. The SMILES string of the molecule is COC(=O)c1ccc(Cl)c(NC(=O)CN(C(C)=O)c2ccc(F)c(F)c2)c1. The van der Waals surface area contributed by atoms with Gasteiger partial charge < -0.3 is 15.0 Å². The van der Waals surface area contributed by atoms with Crippen molar-refractivity contribution in [3.8, 4) is 0 Å². The zero-order chi connectivity index (χ0) is 20.1. The Morgan fingerprint density at radius 3 is 2.41 bits per heavy atom. The zero-order valence-corrected chi connectivity index (χ0v) is 15.1. The molecule has 9 heteroatoms. The van der Waals surface area contributed by atoms with Gasteiger partial charge in [0, 0.05) is 18.7 Å². The molecule has 27 heavy (non-hydrogen) atoms. The number of methoxy groups -OCH3 is 1. The first kappa shape index (κ1) is 20.3. The van der Waals surface area contributed by atoms with Gasteiger partial charge in [0.2, 0.25) is 11.8 Å². The number of rotatable bonds is 5. The van der Waals surface area contributed by atoms with Gasteiger partial charge in [-0.2, -0.15) is 0 Å². The predicted molar refractivity (Wildman–Crippen MR) is 95.8 cm³/mol. The van der Waals surface area contributed by atoms with Crippen molar-refractivity contribution in [2.75, 3.05) is 23.9 Å². The highest BCUT2D eigenvalue weighted by Gasteiger charge is 2.19. The normalized spacial score (nSPS) is 10.3. The topological polar surface area (TPSA) is 75.7 Å². The van der Waals surface area contributed by atoms with Crippen molar-refractivity contribution in [2.45, 2.75) is 6.92 Å². The van der Waals surface area contributed by atoms with E-state index in [-0.39, 0.29) is 22.0 Å². The van der Waals surface area contributed by atoms with Crippen LogP contribution in [0, 0.1) is 11.6 Å². The molecule has 0 aliphatic heterocycles. The second-order valence-electron chi connectivity index (χ2n) is 5.44. The highest BCUT2D eigenvalue weighted by Crippen LogP contribution is 2.24. The second-order valence-corrected chi connectivity index (χ2v) is 5.85. The lowest BCUT2D eigenvalue weighted by molar-refractivity contribution is -0.120. The molecule has 0 saturated heterocycles. The Bertz CT molecular complexity index is 905. The molecule has 0 spiro atoms.